The van der Waals surface area contributed by atoms with E-state index in [0.717, 1.165) is 31.7 Å². The Labute approximate surface area is 94.7 Å². The summed E-state index contributed by atoms with van der Waals surface area (Å²) in [6.07, 6.45) is 2.02. The summed E-state index contributed by atoms with van der Waals surface area (Å²) in [6, 6.07) is 5.68. The van der Waals surface area contributed by atoms with Gasteiger partial charge in [-0.2, -0.15) is 0 Å². The van der Waals surface area contributed by atoms with E-state index in [1.54, 1.807) is 6.07 Å². The summed E-state index contributed by atoms with van der Waals surface area (Å²) in [6.45, 7) is 2.27. The number of aliphatic hydroxyl groups is 1. The van der Waals surface area contributed by atoms with Gasteiger partial charge in [-0.05, 0) is 30.9 Å². The SMILES string of the molecule is OCCC1CCN(c2cccc(Cl)n2)C1. The van der Waals surface area contributed by atoms with Crippen LogP contribution in [-0.2, 0) is 0 Å². The van der Waals surface area contributed by atoms with Crippen molar-refractivity contribution in [1.29, 1.82) is 0 Å². The highest BCUT2D eigenvalue weighted by atomic mass is 35.5. The summed E-state index contributed by atoms with van der Waals surface area (Å²) in [5.74, 6) is 1.54. The first-order chi connectivity index (χ1) is 7.29. The molecule has 1 atom stereocenters. The summed E-state index contributed by atoms with van der Waals surface area (Å²) < 4.78 is 0. The molecule has 1 N–H and O–H groups in total. The largest absolute Gasteiger partial charge is 0.396 e. The molecule has 1 unspecified atom stereocenters. The van der Waals surface area contributed by atoms with Gasteiger partial charge in [0.15, 0.2) is 0 Å². The second-order valence-electron chi connectivity index (χ2n) is 3.93. The highest BCUT2D eigenvalue weighted by Crippen LogP contribution is 2.24. The Morgan fingerprint density at radius 1 is 1.53 bits per heavy atom. The molecule has 0 spiro atoms. The third kappa shape index (κ3) is 2.61. The van der Waals surface area contributed by atoms with Gasteiger partial charge in [-0.1, -0.05) is 17.7 Å². The van der Waals surface area contributed by atoms with Crippen LogP contribution in [0.15, 0.2) is 18.2 Å². The third-order valence-electron chi connectivity index (χ3n) is 2.85. The Morgan fingerprint density at radius 2 is 2.40 bits per heavy atom. The standard InChI is InChI=1S/C11H15ClN2O/c12-10-2-1-3-11(13-10)14-6-4-9(8-14)5-7-15/h1-3,9,15H,4-8H2. The molecule has 0 saturated carbocycles. The second-order valence-corrected chi connectivity index (χ2v) is 4.32. The molecular weight excluding hydrogens is 212 g/mol. The number of hydrogen-bond acceptors (Lipinski definition) is 3. The van der Waals surface area contributed by atoms with Crippen LogP contribution in [0.5, 0.6) is 0 Å². The Morgan fingerprint density at radius 3 is 3.13 bits per heavy atom. The number of aromatic nitrogens is 1. The van der Waals surface area contributed by atoms with Crippen molar-refractivity contribution < 1.29 is 5.11 Å². The van der Waals surface area contributed by atoms with Crippen molar-refractivity contribution in [1.82, 2.24) is 4.98 Å². The third-order valence-corrected chi connectivity index (χ3v) is 3.06. The first kappa shape index (κ1) is 10.7. The lowest BCUT2D eigenvalue weighted by Gasteiger charge is -2.17. The number of pyridine rings is 1. The number of halogens is 1. The Kier molecular flexibility index (Phi) is 3.44. The maximum atomic E-state index is 8.87. The number of nitrogens with zero attached hydrogens (tertiary/aromatic N) is 2. The predicted octanol–water partition coefficient (Wildman–Crippen LogP) is 1.94. The summed E-state index contributed by atoms with van der Waals surface area (Å²) in [4.78, 5) is 6.51. The van der Waals surface area contributed by atoms with Crippen molar-refractivity contribution in [3.05, 3.63) is 23.4 Å². The van der Waals surface area contributed by atoms with Gasteiger partial charge in [-0.15, -0.1) is 0 Å². The van der Waals surface area contributed by atoms with Gasteiger partial charge in [0.1, 0.15) is 11.0 Å². The average molecular weight is 227 g/mol. The van der Waals surface area contributed by atoms with E-state index < -0.39 is 0 Å². The first-order valence-electron chi connectivity index (χ1n) is 5.28. The van der Waals surface area contributed by atoms with Crippen molar-refractivity contribution in [2.24, 2.45) is 5.92 Å². The van der Waals surface area contributed by atoms with Crippen LogP contribution in [0.4, 0.5) is 5.82 Å². The fourth-order valence-corrected chi connectivity index (χ4v) is 2.19. The van der Waals surface area contributed by atoms with Crippen molar-refractivity contribution in [3.8, 4) is 0 Å². The quantitative estimate of drug-likeness (QED) is 0.801. The molecular formula is C11H15ClN2O. The van der Waals surface area contributed by atoms with Crippen molar-refractivity contribution in [2.45, 2.75) is 12.8 Å². The molecule has 4 heteroatoms. The van der Waals surface area contributed by atoms with E-state index in [1.165, 1.54) is 0 Å². The minimum atomic E-state index is 0.279. The van der Waals surface area contributed by atoms with Crippen LogP contribution >= 0.6 is 11.6 Å². The summed E-state index contributed by atoms with van der Waals surface area (Å²) in [5, 5.41) is 9.41. The molecule has 1 fully saturated rings. The van der Waals surface area contributed by atoms with Crippen molar-refractivity contribution >= 4 is 17.4 Å². The number of hydrogen-bond donors (Lipinski definition) is 1. The van der Waals surface area contributed by atoms with Gasteiger partial charge in [0.05, 0.1) is 0 Å². The Bertz CT molecular complexity index is 332. The van der Waals surface area contributed by atoms with Crippen LogP contribution in [-0.4, -0.2) is 29.8 Å². The smallest absolute Gasteiger partial charge is 0.131 e. The summed E-state index contributed by atoms with van der Waals surface area (Å²) in [5.41, 5.74) is 0. The van der Waals surface area contributed by atoms with E-state index in [1.807, 2.05) is 12.1 Å². The predicted molar refractivity (Wildman–Crippen MR) is 61.3 cm³/mol. The van der Waals surface area contributed by atoms with Crippen LogP contribution in [0.25, 0.3) is 0 Å². The van der Waals surface area contributed by atoms with Crippen LogP contribution in [0.3, 0.4) is 0 Å². The monoisotopic (exact) mass is 226 g/mol. The Hall–Kier alpha value is -0.800. The molecule has 0 aromatic carbocycles. The number of rotatable bonds is 3. The summed E-state index contributed by atoms with van der Waals surface area (Å²) >= 11 is 5.84. The van der Waals surface area contributed by atoms with E-state index >= 15 is 0 Å². The minimum Gasteiger partial charge on any atom is -0.396 e. The molecule has 1 aromatic heterocycles. The van der Waals surface area contributed by atoms with Crippen LogP contribution in [0.2, 0.25) is 5.15 Å². The molecule has 1 aliphatic rings. The zero-order valence-electron chi connectivity index (χ0n) is 8.56. The fraction of sp³-hybridized carbons (Fsp3) is 0.545. The zero-order valence-corrected chi connectivity index (χ0v) is 9.32. The summed E-state index contributed by atoms with van der Waals surface area (Å²) in [7, 11) is 0. The molecule has 1 saturated heterocycles. The molecule has 15 heavy (non-hydrogen) atoms. The van der Waals surface area contributed by atoms with E-state index in [4.69, 9.17) is 16.7 Å². The average Bonchev–Trinajstić information content (AvgIpc) is 2.67. The normalized spacial score (nSPS) is 20.9. The second kappa shape index (κ2) is 4.81. The van der Waals surface area contributed by atoms with Gasteiger partial charge in [0, 0.05) is 19.7 Å². The highest BCUT2D eigenvalue weighted by Gasteiger charge is 2.22. The molecule has 1 aromatic rings. The van der Waals surface area contributed by atoms with Gasteiger partial charge in [0.25, 0.3) is 0 Å². The molecule has 2 rings (SSSR count). The lowest BCUT2D eigenvalue weighted by atomic mass is 10.1. The molecule has 2 heterocycles. The fourth-order valence-electron chi connectivity index (χ4n) is 2.03. The van der Waals surface area contributed by atoms with E-state index in [0.29, 0.717) is 11.1 Å². The first-order valence-corrected chi connectivity index (χ1v) is 5.66. The van der Waals surface area contributed by atoms with Gasteiger partial charge in [0.2, 0.25) is 0 Å². The van der Waals surface area contributed by atoms with Crippen LogP contribution in [0.1, 0.15) is 12.8 Å². The molecule has 1 aliphatic heterocycles. The van der Waals surface area contributed by atoms with Crippen molar-refractivity contribution in [2.75, 3.05) is 24.6 Å². The van der Waals surface area contributed by atoms with Gasteiger partial charge < -0.3 is 10.0 Å². The zero-order chi connectivity index (χ0) is 10.7. The van der Waals surface area contributed by atoms with Gasteiger partial charge in [-0.25, -0.2) is 4.98 Å². The number of aliphatic hydroxyl groups excluding tert-OH is 1. The molecule has 0 amide bonds. The van der Waals surface area contributed by atoms with Crippen LogP contribution in [0, 0.1) is 5.92 Å². The lowest BCUT2D eigenvalue weighted by Crippen LogP contribution is -2.20. The van der Waals surface area contributed by atoms with Gasteiger partial charge in [-0.3, -0.25) is 0 Å². The molecule has 0 aliphatic carbocycles. The van der Waals surface area contributed by atoms with Gasteiger partial charge >= 0.3 is 0 Å². The molecule has 0 bridgehead atoms. The van der Waals surface area contributed by atoms with E-state index in [9.17, 15) is 0 Å². The van der Waals surface area contributed by atoms with E-state index in [2.05, 4.69) is 9.88 Å². The maximum absolute atomic E-state index is 8.87. The molecule has 0 radical (unpaired) electrons. The maximum Gasteiger partial charge on any atom is 0.131 e. The Balaban J connectivity index is 2.01. The highest BCUT2D eigenvalue weighted by molar-refractivity contribution is 6.29. The van der Waals surface area contributed by atoms with Crippen LogP contribution < -0.4 is 4.90 Å². The lowest BCUT2D eigenvalue weighted by molar-refractivity contribution is 0.263. The topological polar surface area (TPSA) is 36.4 Å². The molecule has 3 nitrogen and oxygen atoms in total. The molecule has 82 valence electrons. The number of anilines is 1. The van der Waals surface area contributed by atoms with E-state index in [-0.39, 0.29) is 6.61 Å². The van der Waals surface area contributed by atoms with Crippen molar-refractivity contribution in [3.63, 3.8) is 0 Å². The minimum absolute atomic E-state index is 0.279.